The van der Waals surface area contributed by atoms with E-state index in [1.54, 1.807) is 18.6 Å². The zero-order valence-corrected chi connectivity index (χ0v) is 37.0. The minimum absolute atomic E-state index is 0. The van der Waals surface area contributed by atoms with Crippen LogP contribution in [0.3, 0.4) is 0 Å². The second kappa shape index (κ2) is 15.8. The Hall–Kier alpha value is -6.99. The Kier molecular flexibility index (Phi) is 9.98. The average Bonchev–Trinajstić information content (AvgIpc) is 3.92. The number of pyridine rings is 2. The summed E-state index contributed by atoms with van der Waals surface area (Å²) in [5.41, 5.74) is 5.88. The van der Waals surface area contributed by atoms with E-state index < -0.39 is 0 Å². The Bertz CT molecular complexity index is 3410. The molecule has 0 radical (unpaired) electrons. The molecule has 6 aromatic heterocycles. The van der Waals surface area contributed by atoms with Gasteiger partial charge in [0, 0.05) is 46.4 Å². The maximum Gasteiger partial charge on any atom is 2.00 e. The summed E-state index contributed by atoms with van der Waals surface area (Å²) in [5, 5.41) is 15.0. The van der Waals surface area contributed by atoms with Gasteiger partial charge in [-0.05, 0) is 54.1 Å². The maximum atomic E-state index is 6.53. The van der Waals surface area contributed by atoms with Gasteiger partial charge >= 0.3 is 42.1 Å². The molecule has 12 heteroatoms. The number of hydrogen-bond donors (Lipinski definition) is 0. The average molecular weight is 1160 g/mol. The molecule has 0 N–H and O–H groups in total. The van der Waals surface area contributed by atoms with E-state index in [0.717, 1.165) is 66.0 Å². The number of aromatic nitrogens is 8. The van der Waals surface area contributed by atoms with E-state index in [9.17, 15) is 0 Å². The van der Waals surface area contributed by atoms with Gasteiger partial charge in [0.15, 0.2) is 0 Å². The monoisotopic (exact) mass is 1160 g/mol. The van der Waals surface area contributed by atoms with Crippen molar-refractivity contribution in [2.75, 3.05) is 0 Å². The third kappa shape index (κ3) is 6.46. The third-order valence-electron chi connectivity index (χ3n) is 10.7. The zero-order valence-electron chi connectivity index (χ0n) is 32.5. The van der Waals surface area contributed by atoms with Gasteiger partial charge in [-0.2, -0.15) is 40.1 Å². The van der Waals surface area contributed by atoms with Crippen LogP contribution in [0.5, 0.6) is 23.0 Å². The number of aryl methyl sites for hydroxylation is 1. The first-order chi connectivity index (χ1) is 29.6. The molecule has 0 unspecified atom stereocenters. The fourth-order valence-corrected chi connectivity index (χ4v) is 8.13. The predicted octanol–water partition coefficient (Wildman–Crippen LogP) is 11.0. The molecule has 0 saturated carbocycles. The van der Waals surface area contributed by atoms with Crippen LogP contribution in [0.15, 0.2) is 152 Å². The van der Waals surface area contributed by atoms with Gasteiger partial charge in [-0.15, -0.1) is 64.4 Å². The summed E-state index contributed by atoms with van der Waals surface area (Å²) in [6.07, 6.45) is 5.28. The molecule has 0 saturated heterocycles. The van der Waals surface area contributed by atoms with Gasteiger partial charge in [0.2, 0.25) is 0 Å². The summed E-state index contributed by atoms with van der Waals surface area (Å²) in [6, 6.07) is 58.2. The molecular formula is C50H28N8O2Pt2. The maximum absolute atomic E-state index is 6.53. The van der Waals surface area contributed by atoms with Crippen molar-refractivity contribution in [3.63, 3.8) is 0 Å². The molecule has 10 nitrogen and oxygen atoms in total. The van der Waals surface area contributed by atoms with Crippen molar-refractivity contribution in [1.29, 1.82) is 0 Å². The van der Waals surface area contributed by atoms with Gasteiger partial charge in [0.05, 0.1) is 11.9 Å². The van der Waals surface area contributed by atoms with E-state index >= 15 is 0 Å². The molecule has 0 bridgehead atoms. The summed E-state index contributed by atoms with van der Waals surface area (Å²) in [4.78, 5) is 14.0. The number of hydrogen-bond acceptors (Lipinski definition) is 7. The van der Waals surface area contributed by atoms with Gasteiger partial charge in [-0.3, -0.25) is 0 Å². The van der Waals surface area contributed by atoms with E-state index in [2.05, 4.69) is 94.9 Å². The topological polar surface area (TPSA) is 97.7 Å². The van der Waals surface area contributed by atoms with Gasteiger partial charge < -0.3 is 23.2 Å². The van der Waals surface area contributed by atoms with Crippen LogP contribution in [-0.2, 0) is 42.1 Å². The number of nitrogens with zero attached hydrogens (tertiary/aromatic N) is 8. The summed E-state index contributed by atoms with van der Waals surface area (Å²) in [6.45, 7) is 1.85. The van der Waals surface area contributed by atoms with Crippen LogP contribution in [0, 0.1) is 31.2 Å². The molecule has 0 amide bonds. The Labute approximate surface area is 382 Å². The molecule has 6 heterocycles. The number of ether oxygens (including phenoxy) is 2. The van der Waals surface area contributed by atoms with Crippen molar-refractivity contribution in [3.8, 4) is 40.6 Å². The van der Waals surface area contributed by atoms with Crippen LogP contribution in [0.4, 0.5) is 0 Å². The minimum atomic E-state index is 0. The standard InChI is InChI=1S/C50H28N8O2.2Pt/c1-31-30-53-50(55-54-31)58-46-28-34(59-32-16-20-38-36-10-2-4-12-42(36)56(44(38)26-32)48-14-6-8-24-51-48)18-22-40(46)41-23-19-35(29-47(41)58)60-33-17-21-39-37-11-3-5-13-43(37)57(45(39)27-33)49-15-7-9-25-52-49;;/h2-25,30H,1H3;;/q-4;2*+2. The fraction of sp³-hybridized carbons (Fsp3) is 0.0200. The smallest absolute Gasteiger partial charge is 0.509 e. The number of para-hydroxylation sites is 2. The predicted molar refractivity (Wildman–Crippen MR) is 232 cm³/mol. The summed E-state index contributed by atoms with van der Waals surface area (Å²) >= 11 is 0. The Morgan fingerprint density at radius 1 is 0.403 bits per heavy atom. The van der Waals surface area contributed by atoms with Crippen LogP contribution in [-0.4, -0.2) is 38.9 Å². The van der Waals surface area contributed by atoms with Crippen LogP contribution < -0.4 is 9.47 Å². The fourth-order valence-electron chi connectivity index (χ4n) is 8.13. The molecule has 6 aromatic carbocycles. The van der Waals surface area contributed by atoms with E-state index in [1.165, 1.54) is 0 Å². The SMILES string of the molecule is Cc1cnc(-n2c3[c-]c(Oc4[c-]c5c(cc4)c4ccccc4n5-c4ccccn4)ccc3c3ccc(Oc4[c-]c5c(cc4)c4ccccc4n5-c4ccccn4)[c-]c32)nn1.[Pt+2].[Pt+2]. The molecule has 0 atom stereocenters. The third-order valence-corrected chi connectivity index (χ3v) is 10.7. The van der Waals surface area contributed by atoms with Crippen molar-refractivity contribution in [2.24, 2.45) is 0 Å². The van der Waals surface area contributed by atoms with Crippen molar-refractivity contribution in [1.82, 2.24) is 38.9 Å². The Morgan fingerprint density at radius 3 is 1.21 bits per heavy atom. The first-order valence-electron chi connectivity index (χ1n) is 19.3. The van der Waals surface area contributed by atoms with Crippen LogP contribution in [0.2, 0.25) is 0 Å². The molecule has 0 spiro atoms. The molecule has 0 aliphatic heterocycles. The molecule has 12 rings (SSSR count). The second-order valence-corrected chi connectivity index (χ2v) is 14.4. The van der Waals surface area contributed by atoms with Gasteiger partial charge in [-0.1, -0.05) is 70.6 Å². The number of rotatable bonds is 7. The summed E-state index contributed by atoms with van der Waals surface area (Å²) < 4.78 is 19.2. The number of fused-ring (bicyclic) bond motifs is 9. The van der Waals surface area contributed by atoms with Crippen molar-refractivity contribution >= 4 is 65.4 Å². The molecule has 300 valence electrons. The molecule has 62 heavy (non-hydrogen) atoms. The van der Waals surface area contributed by atoms with E-state index in [0.29, 0.717) is 45.7 Å². The van der Waals surface area contributed by atoms with Crippen LogP contribution >= 0.6 is 0 Å². The quantitative estimate of drug-likeness (QED) is 0.147. The molecular weight excluding hydrogens is 1130 g/mol. The van der Waals surface area contributed by atoms with Crippen molar-refractivity contribution in [3.05, 3.63) is 182 Å². The number of benzene rings is 6. The van der Waals surface area contributed by atoms with Crippen LogP contribution in [0.25, 0.3) is 83.0 Å². The van der Waals surface area contributed by atoms with Gasteiger partial charge in [0.25, 0.3) is 5.95 Å². The van der Waals surface area contributed by atoms with Crippen molar-refractivity contribution in [2.45, 2.75) is 6.92 Å². The molecule has 0 fully saturated rings. The van der Waals surface area contributed by atoms with Gasteiger partial charge in [0.1, 0.15) is 11.6 Å². The van der Waals surface area contributed by atoms with Crippen molar-refractivity contribution < 1.29 is 51.6 Å². The first-order valence-corrected chi connectivity index (χ1v) is 19.3. The summed E-state index contributed by atoms with van der Waals surface area (Å²) in [5.74, 6) is 4.01. The summed E-state index contributed by atoms with van der Waals surface area (Å²) in [7, 11) is 0. The normalized spacial score (nSPS) is 11.4. The zero-order chi connectivity index (χ0) is 39.7. The van der Waals surface area contributed by atoms with E-state index in [4.69, 9.17) is 9.47 Å². The van der Waals surface area contributed by atoms with E-state index in [1.807, 2.05) is 109 Å². The first kappa shape index (κ1) is 39.2. The largest absolute Gasteiger partial charge is 2.00 e. The second-order valence-electron chi connectivity index (χ2n) is 14.4. The molecule has 0 aliphatic rings. The Morgan fingerprint density at radius 2 is 0.806 bits per heavy atom. The minimum Gasteiger partial charge on any atom is -0.509 e. The molecule has 12 aromatic rings. The van der Waals surface area contributed by atoms with Gasteiger partial charge in [-0.25, -0.2) is 15.0 Å². The Balaban J connectivity index is 0.00000229. The molecule has 0 aliphatic carbocycles. The van der Waals surface area contributed by atoms with Crippen LogP contribution in [0.1, 0.15) is 5.69 Å². The van der Waals surface area contributed by atoms with E-state index in [-0.39, 0.29) is 42.1 Å².